The van der Waals surface area contributed by atoms with Crippen molar-refractivity contribution in [1.29, 1.82) is 5.26 Å². The van der Waals surface area contributed by atoms with Gasteiger partial charge in [0, 0.05) is 4.88 Å². The topological polar surface area (TPSA) is 74.0 Å². The number of rotatable bonds is 3. The van der Waals surface area contributed by atoms with Crippen molar-refractivity contribution in [2.24, 2.45) is 5.10 Å². The van der Waals surface area contributed by atoms with Gasteiger partial charge in [0.25, 0.3) is 0 Å². The zero-order valence-corrected chi connectivity index (χ0v) is 13.0. The summed E-state index contributed by atoms with van der Waals surface area (Å²) in [5.41, 5.74) is 5.70. The Morgan fingerprint density at radius 3 is 2.73 bits per heavy atom. The molecule has 1 N–H and O–H groups in total. The van der Waals surface area contributed by atoms with Crippen LogP contribution in [0.25, 0.3) is 10.2 Å². The summed E-state index contributed by atoms with van der Waals surface area (Å²) in [5.74, 6) is 0.705. The molecule has 0 saturated carbocycles. The molecule has 0 aliphatic carbocycles. The van der Waals surface area contributed by atoms with Crippen molar-refractivity contribution in [1.82, 2.24) is 9.97 Å². The number of hydrogen-bond acceptors (Lipinski definition) is 6. The van der Waals surface area contributed by atoms with Gasteiger partial charge in [-0.15, -0.1) is 11.3 Å². The molecule has 0 aliphatic heterocycles. The minimum Gasteiger partial charge on any atom is -0.261 e. The molecule has 0 bridgehead atoms. The van der Waals surface area contributed by atoms with Crippen molar-refractivity contribution in [2.45, 2.75) is 13.8 Å². The van der Waals surface area contributed by atoms with Crippen LogP contribution in [0, 0.1) is 25.2 Å². The van der Waals surface area contributed by atoms with Crippen molar-refractivity contribution in [3.63, 3.8) is 0 Å². The van der Waals surface area contributed by atoms with Gasteiger partial charge in [0.2, 0.25) is 0 Å². The Labute approximate surface area is 132 Å². The quantitative estimate of drug-likeness (QED) is 0.592. The van der Waals surface area contributed by atoms with Crippen LogP contribution in [0.15, 0.2) is 35.7 Å². The molecule has 1 aromatic carbocycles. The smallest absolute Gasteiger partial charge is 0.158 e. The van der Waals surface area contributed by atoms with Crippen LogP contribution in [0.2, 0.25) is 0 Å². The molecule has 6 heteroatoms. The first-order chi connectivity index (χ1) is 10.7. The zero-order chi connectivity index (χ0) is 15.5. The second kappa shape index (κ2) is 5.92. The Kier molecular flexibility index (Phi) is 3.81. The Hall–Kier alpha value is -2.78. The lowest BCUT2D eigenvalue weighted by Gasteiger charge is -2.01. The number of nitrogens with one attached hydrogen (secondary N) is 1. The van der Waals surface area contributed by atoms with Crippen molar-refractivity contribution >= 4 is 33.6 Å². The Balaban J connectivity index is 1.84. The Bertz CT molecular complexity index is 887. The van der Waals surface area contributed by atoms with Gasteiger partial charge in [-0.05, 0) is 37.1 Å². The fourth-order valence-corrected chi connectivity index (χ4v) is 3.08. The van der Waals surface area contributed by atoms with Gasteiger partial charge >= 0.3 is 0 Å². The predicted molar refractivity (Wildman–Crippen MR) is 89.3 cm³/mol. The summed E-state index contributed by atoms with van der Waals surface area (Å²) >= 11 is 1.65. The summed E-state index contributed by atoms with van der Waals surface area (Å²) in [6, 6.07) is 9.30. The van der Waals surface area contributed by atoms with Crippen LogP contribution in [0.5, 0.6) is 0 Å². The number of hydrogen-bond donors (Lipinski definition) is 1. The number of anilines is 1. The first-order valence-corrected chi connectivity index (χ1v) is 7.50. The standard InChI is InChI=1S/C16H13N5S/c1-10-11(2)22-16-14(10)15(18-9-19-16)21-20-8-13-5-3-12(7-17)4-6-13/h3-6,8-9H,1-2H3,(H,18,19,21). The number of hydrazone groups is 1. The summed E-state index contributed by atoms with van der Waals surface area (Å²) in [5, 5.41) is 14.0. The number of fused-ring (bicyclic) bond motifs is 1. The fraction of sp³-hybridized carbons (Fsp3) is 0.125. The molecule has 0 saturated heterocycles. The van der Waals surface area contributed by atoms with Crippen LogP contribution in [0.1, 0.15) is 21.6 Å². The number of aryl methyl sites for hydroxylation is 2. The van der Waals surface area contributed by atoms with Crippen LogP contribution in [-0.4, -0.2) is 16.2 Å². The molecular weight excluding hydrogens is 294 g/mol. The SMILES string of the molecule is Cc1sc2ncnc(NN=Cc3ccc(C#N)cc3)c2c1C. The monoisotopic (exact) mass is 307 g/mol. The van der Waals surface area contributed by atoms with Gasteiger partial charge in [-0.2, -0.15) is 10.4 Å². The summed E-state index contributed by atoms with van der Waals surface area (Å²) in [6.45, 7) is 4.14. The molecule has 5 nitrogen and oxygen atoms in total. The third-order valence-electron chi connectivity index (χ3n) is 3.39. The maximum absolute atomic E-state index is 8.77. The van der Waals surface area contributed by atoms with E-state index in [2.05, 4.69) is 40.4 Å². The van der Waals surface area contributed by atoms with Crippen LogP contribution in [0.3, 0.4) is 0 Å². The van der Waals surface area contributed by atoms with E-state index in [1.807, 2.05) is 12.1 Å². The third-order valence-corrected chi connectivity index (χ3v) is 4.50. The third kappa shape index (κ3) is 2.67. The Morgan fingerprint density at radius 1 is 1.23 bits per heavy atom. The highest BCUT2D eigenvalue weighted by Crippen LogP contribution is 2.32. The number of nitriles is 1. The maximum Gasteiger partial charge on any atom is 0.158 e. The minimum atomic E-state index is 0.631. The van der Waals surface area contributed by atoms with Gasteiger partial charge in [-0.3, -0.25) is 5.43 Å². The normalized spacial score (nSPS) is 11.0. The number of nitrogens with zero attached hydrogens (tertiary/aromatic N) is 4. The van der Waals surface area contributed by atoms with Crippen LogP contribution in [-0.2, 0) is 0 Å². The molecule has 0 atom stereocenters. The van der Waals surface area contributed by atoms with E-state index >= 15 is 0 Å². The lowest BCUT2D eigenvalue weighted by Crippen LogP contribution is -1.95. The lowest BCUT2D eigenvalue weighted by molar-refractivity contribution is 1.19. The zero-order valence-electron chi connectivity index (χ0n) is 12.2. The molecule has 22 heavy (non-hydrogen) atoms. The molecular formula is C16H13N5S. The molecule has 3 rings (SSSR count). The molecule has 0 aliphatic rings. The molecule has 3 aromatic rings. The molecule has 0 unspecified atom stereocenters. The van der Waals surface area contributed by atoms with E-state index in [0.717, 1.165) is 15.8 Å². The highest BCUT2D eigenvalue weighted by Gasteiger charge is 2.11. The lowest BCUT2D eigenvalue weighted by atomic mass is 10.2. The molecule has 2 heterocycles. The van der Waals surface area contributed by atoms with Crippen LogP contribution < -0.4 is 5.43 Å². The van der Waals surface area contributed by atoms with Crippen LogP contribution >= 0.6 is 11.3 Å². The van der Waals surface area contributed by atoms with Crippen molar-refractivity contribution in [2.75, 3.05) is 5.43 Å². The minimum absolute atomic E-state index is 0.631. The molecule has 0 amide bonds. The maximum atomic E-state index is 8.77. The summed E-state index contributed by atoms with van der Waals surface area (Å²) in [4.78, 5) is 10.8. The first kappa shape index (κ1) is 14.2. The highest BCUT2D eigenvalue weighted by molar-refractivity contribution is 7.18. The van der Waals surface area contributed by atoms with Gasteiger partial charge in [0.1, 0.15) is 11.2 Å². The summed E-state index contributed by atoms with van der Waals surface area (Å²) < 4.78 is 0. The molecule has 0 radical (unpaired) electrons. The van der Waals surface area contributed by atoms with Gasteiger partial charge in [0.15, 0.2) is 5.82 Å². The van der Waals surface area contributed by atoms with E-state index in [4.69, 9.17) is 5.26 Å². The largest absolute Gasteiger partial charge is 0.261 e. The van der Waals surface area contributed by atoms with Crippen molar-refractivity contribution in [3.05, 3.63) is 52.2 Å². The second-order valence-electron chi connectivity index (χ2n) is 4.79. The first-order valence-electron chi connectivity index (χ1n) is 6.69. The molecule has 0 spiro atoms. The van der Waals surface area contributed by atoms with Crippen molar-refractivity contribution in [3.8, 4) is 6.07 Å². The van der Waals surface area contributed by atoms with E-state index in [1.54, 1.807) is 29.7 Å². The van der Waals surface area contributed by atoms with E-state index in [9.17, 15) is 0 Å². The van der Waals surface area contributed by atoms with Gasteiger partial charge in [-0.1, -0.05) is 12.1 Å². The number of aromatic nitrogens is 2. The van der Waals surface area contributed by atoms with E-state index in [0.29, 0.717) is 11.4 Å². The number of thiophene rings is 1. The molecule has 2 aromatic heterocycles. The van der Waals surface area contributed by atoms with Gasteiger partial charge in [0.05, 0.1) is 23.2 Å². The Morgan fingerprint density at radius 2 is 2.00 bits per heavy atom. The van der Waals surface area contributed by atoms with Gasteiger partial charge < -0.3 is 0 Å². The highest BCUT2D eigenvalue weighted by atomic mass is 32.1. The summed E-state index contributed by atoms with van der Waals surface area (Å²) in [7, 11) is 0. The second-order valence-corrected chi connectivity index (χ2v) is 5.99. The van der Waals surface area contributed by atoms with E-state index in [1.165, 1.54) is 16.8 Å². The predicted octanol–water partition coefficient (Wildman–Crippen LogP) is 3.63. The number of benzene rings is 1. The molecule has 0 fully saturated rings. The average molecular weight is 307 g/mol. The van der Waals surface area contributed by atoms with E-state index in [-0.39, 0.29) is 0 Å². The van der Waals surface area contributed by atoms with Gasteiger partial charge in [-0.25, -0.2) is 9.97 Å². The molecule has 108 valence electrons. The summed E-state index contributed by atoms with van der Waals surface area (Å²) in [6.07, 6.45) is 3.24. The van der Waals surface area contributed by atoms with E-state index < -0.39 is 0 Å². The van der Waals surface area contributed by atoms with Crippen molar-refractivity contribution < 1.29 is 0 Å². The average Bonchev–Trinajstić information content (AvgIpc) is 2.84. The van der Waals surface area contributed by atoms with Crippen LogP contribution in [0.4, 0.5) is 5.82 Å². The fourth-order valence-electron chi connectivity index (χ4n) is 2.08.